The van der Waals surface area contributed by atoms with Crippen molar-refractivity contribution in [2.75, 3.05) is 5.32 Å². The molecule has 3 rings (SSSR count). The van der Waals surface area contributed by atoms with Gasteiger partial charge in [0.15, 0.2) is 0 Å². The molecule has 0 saturated heterocycles. The number of aliphatic carboxylic acids is 1. The maximum atomic E-state index is 11.3. The van der Waals surface area contributed by atoms with Crippen LogP contribution in [0.25, 0.3) is 11.1 Å². The van der Waals surface area contributed by atoms with Gasteiger partial charge < -0.3 is 10.4 Å². The van der Waals surface area contributed by atoms with Crippen LogP contribution in [0.15, 0.2) is 46.9 Å². The Balaban J connectivity index is 0.000000277. The van der Waals surface area contributed by atoms with Crippen molar-refractivity contribution in [2.45, 2.75) is 19.0 Å². The molecule has 0 spiro atoms. The van der Waals surface area contributed by atoms with Crippen LogP contribution < -0.4 is 5.32 Å². The Hall–Kier alpha value is -2.35. The average molecular weight is 416 g/mol. The normalized spacial score (nSPS) is 13.2. The lowest BCUT2D eigenvalue weighted by Crippen LogP contribution is -2.21. The summed E-state index contributed by atoms with van der Waals surface area (Å²) in [4.78, 5) is 20.2. The van der Waals surface area contributed by atoms with E-state index in [2.05, 4.69) is 39.4 Å². The molecule has 0 bridgehead atoms. The molecule has 2 aromatic rings. The fourth-order valence-electron chi connectivity index (χ4n) is 2.21. The first kappa shape index (κ1) is 19.0. The molecule has 0 unspecified atom stereocenters. The van der Waals surface area contributed by atoms with Crippen LogP contribution in [-0.2, 0) is 16.0 Å². The van der Waals surface area contributed by atoms with Crippen LogP contribution in [0.2, 0.25) is 0 Å². The summed E-state index contributed by atoms with van der Waals surface area (Å²) >= 11 is 3.44. The number of rotatable bonds is 1. The van der Waals surface area contributed by atoms with Crippen molar-refractivity contribution >= 4 is 33.5 Å². The third-order valence-electron chi connectivity index (χ3n) is 3.42. The van der Waals surface area contributed by atoms with E-state index in [1.807, 2.05) is 24.3 Å². The Morgan fingerprint density at radius 3 is 2.16 bits per heavy atom. The van der Waals surface area contributed by atoms with Gasteiger partial charge in [-0.2, -0.15) is 13.2 Å². The lowest BCUT2D eigenvalue weighted by molar-refractivity contribution is -0.192. The Kier molecular flexibility index (Phi) is 5.84. The number of hydrogen-bond acceptors (Lipinski definition) is 2. The molecule has 25 heavy (non-hydrogen) atoms. The zero-order valence-electron chi connectivity index (χ0n) is 12.7. The molecule has 0 aromatic heterocycles. The zero-order chi connectivity index (χ0) is 18.6. The quantitative estimate of drug-likeness (QED) is 0.713. The first-order chi connectivity index (χ1) is 11.7. The van der Waals surface area contributed by atoms with Crippen molar-refractivity contribution in [3.05, 3.63) is 52.5 Å². The SMILES string of the molecule is O=C(O)C(F)(F)F.O=C1CCc2cc(-c3ccc(Br)cc3)ccc2N1. The van der Waals surface area contributed by atoms with Gasteiger partial charge in [0, 0.05) is 16.6 Å². The van der Waals surface area contributed by atoms with Crippen LogP contribution >= 0.6 is 15.9 Å². The van der Waals surface area contributed by atoms with E-state index in [-0.39, 0.29) is 5.91 Å². The molecule has 2 aromatic carbocycles. The summed E-state index contributed by atoms with van der Waals surface area (Å²) in [6.07, 6.45) is -3.68. The van der Waals surface area contributed by atoms with Crippen molar-refractivity contribution in [3.63, 3.8) is 0 Å². The second-order valence-corrected chi connectivity index (χ2v) is 6.15. The molecule has 1 amide bonds. The number of benzene rings is 2. The number of hydrogen-bond donors (Lipinski definition) is 2. The largest absolute Gasteiger partial charge is 0.490 e. The van der Waals surface area contributed by atoms with Crippen molar-refractivity contribution < 1.29 is 27.9 Å². The molecule has 0 atom stereocenters. The Bertz CT molecular complexity index is 789. The molecule has 132 valence electrons. The highest BCUT2D eigenvalue weighted by Gasteiger charge is 2.38. The number of carbonyl (C=O) groups excluding carboxylic acids is 1. The average Bonchev–Trinajstić information content (AvgIpc) is 2.55. The molecular formula is C17H13BrF3NO3. The number of carboxylic acid groups (broad SMARTS) is 1. The minimum absolute atomic E-state index is 0.110. The molecular weight excluding hydrogens is 403 g/mol. The molecule has 2 N–H and O–H groups in total. The van der Waals surface area contributed by atoms with Crippen LogP contribution in [0.5, 0.6) is 0 Å². The van der Waals surface area contributed by atoms with Crippen molar-refractivity contribution in [2.24, 2.45) is 0 Å². The van der Waals surface area contributed by atoms with Crippen molar-refractivity contribution in [1.29, 1.82) is 0 Å². The van der Waals surface area contributed by atoms with Crippen molar-refractivity contribution in [3.8, 4) is 11.1 Å². The Morgan fingerprint density at radius 1 is 1.04 bits per heavy atom. The van der Waals surface area contributed by atoms with Gasteiger partial charge in [0.1, 0.15) is 0 Å². The number of anilines is 1. The smallest absolute Gasteiger partial charge is 0.475 e. The van der Waals surface area contributed by atoms with E-state index in [0.29, 0.717) is 6.42 Å². The summed E-state index contributed by atoms with van der Waals surface area (Å²) in [5.74, 6) is -2.65. The predicted molar refractivity (Wildman–Crippen MR) is 90.2 cm³/mol. The summed E-state index contributed by atoms with van der Waals surface area (Å²) < 4.78 is 32.8. The molecule has 0 radical (unpaired) electrons. The van der Waals surface area contributed by atoms with E-state index in [4.69, 9.17) is 9.90 Å². The minimum atomic E-state index is -5.08. The lowest BCUT2D eigenvalue weighted by Gasteiger charge is -2.17. The number of halogens is 4. The van der Waals surface area contributed by atoms with E-state index in [1.165, 1.54) is 16.7 Å². The summed E-state index contributed by atoms with van der Waals surface area (Å²) in [5.41, 5.74) is 4.55. The van der Waals surface area contributed by atoms with E-state index in [9.17, 15) is 18.0 Å². The molecule has 1 aliphatic rings. The fraction of sp³-hybridized carbons (Fsp3) is 0.176. The third-order valence-corrected chi connectivity index (χ3v) is 3.95. The van der Waals surface area contributed by atoms with Gasteiger partial charge in [-0.3, -0.25) is 4.79 Å². The number of fused-ring (bicyclic) bond motifs is 1. The first-order valence-corrected chi connectivity index (χ1v) is 7.95. The number of nitrogens with one attached hydrogen (secondary N) is 1. The van der Waals surface area contributed by atoms with E-state index >= 15 is 0 Å². The van der Waals surface area contributed by atoms with Crippen LogP contribution in [0.4, 0.5) is 18.9 Å². The van der Waals surface area contributed by atoms with Crippen molar-refractivity contribution in [1.82, 2.24) is 0 Å². The topological polar surface area (TPSA) is 66.4 Å². The van der Waals surface area contributed by atoms with Gasteiger partial charge in [-0.15, -0.1) is 0 Å². The number of carbonyl (C=O) groups is 2. The maximum Gasteiger partial charge on any atom is 0.490 e. The molecule has 8 heteroatoms. The van der Waals surface area contributed by atoms with Gasteiger partial charge in [0.05, 0.1) is 0 Å². The van der Waals surface area contributed by atoms with Crippen LogP contribution in [-0.4, -0.2) is 23.2 Å². The van der Waals surface area contributed by atoms with E-state index in [0.717, 1.165) is 16.6 Å². The second kappa shape index (κ2) is 7.69. The number of aryl methyl sites for hydroxylation is 1. The van der Waals surface area contributed by atoms with Gasteiger partial charge in [-0.05, 0) is 47.4 Å². The monoisotopic (exact) mass is 415 g/mol. The van der Waals surface area contributed by atoms with E-state index < -0.39 is 12.1 Å². The molecule has 4 nitrogen and oxygen atoms in total. The second-order valence-electron chi connectivity index (χ2n) is 5.23. The standard InChI is InChI=1S/C15H12BrNO.C2HF3O2/c16-13-5-1-10(2-6-13)11-3-7-14-12(9-11)4-8-15(18)17-14;3-2(4,5)1(6)7/h1-3,5-7,9H,4,8H2,(H,17,18);(H,6,7). The maximum absolute atomic E-state index is 11.3. The molecule has 1 heterocycles. The predicted octanol–water partition coefficient (Wildman–Crippen LogP) is 4.63. The number of alkyl halides is 3. The molecule has 1 aliphatic heterocycles. The molecule has 0 saturated carbocycles. The van der Waals surface area contributed by atoms with Crippen LogP contribution in [0.3, 0.4) is 0 Å². The highest BCUT2D eigenvalue weighted by molar-refractivity contribution is 9.10. The Morgan fingerprint density at radius 2 is 1.60 bits per heavy atom. The Labute approximate surface area is 149 Å². The van der Waals surface area contributed by atoms with Gasteiger partial charge in [-0.25, -0.2) is 4.79 Å². The van der Waals surface area contributed by atoms with Gasteiger partial charge in [0.25, 0.3) is 0 Å². The lowest BCUT2D eigenvalue weighted by atomic mass is 9.97. The highest BCUT2D eigenvalue weighted by Crippen LogP contribution is 2.29. The zero-order valence-corrected chi connectivity index (χ0v) is 14.3. The number of amides is 1. The van der Waals surface area contributed by atoms with Gasteiger partial charge >= 0.3 is 12.1 Å². The minimum Gasteiger partial charge on any atom is -0.475 e. The fourth-order valence-corrected chi connectivity index (χ4v) is 2.47. The molecule has 0 fully saturated rings. The third kappa shape index (κ3) is 5.32. The number of carboxylic acids is 1. The van der Waals surface area contributed by atoms with Gasteiger partial charge in [-0.1, -0.05) is 34.1 Å². The van der Waals surface area contributed by atoms with E-state index in [1.54, 1.807) is 0 Å². The summed E-state index contributed by atoms with van der Waals surface area (Å²) in [6.45, 7) is 0. The summed E-state index contributed by atoms with van der Waals surface area (Å²) in [6, 6.07) is 14.5. The highest BCUT2D eigenvalue weighted by atomic mass is 79.9. The molecule has 0 aliphatic carbocycles. The first-order valence-electron chi connectivity index (χ1n) is 7.15. The van der Waals surface area contributed by atoms with Gasteiger partial charge in [0.2, 0.25) is 5.91 Å². The van der Waals surface area contributed by atoms with Crippen LogP contribution in [0.1, 0.15) is 12.0 Å². The van der Waals surface area contributed by atoms with Crippen LogP contribution in [0, 0.1) is 0 Å². The summed E-state index contributed by atoms with van der Waals surface area (Å²) in [5, 5.41) is 10.0. The summed E-state index contributed by atoms with van der Waals surface area (Å²) in [7, 11) is 0.